The molecule has 100 valence electrons. The maximum absolute atomic E-state index is 5.53. The van der Waals surface area contributed by atoms with Gasteiger partial charge < -0.3 is 15.4 Å². The van der Waals surface area contributed by atoms with Crippen molar-refractivity contribution >= 4 is 11.5 Å². The zero-order valence-corrected chi connectivity index (χ0v) is 11.3. The van der Waals surface area contributed by atoms with Crippen molar-refractivity contribution in [2.24, 2.45) is 5.73 Å². The number of benzene rings is 1. The fraction of sp³-hybridized carbons (Fsp3) is 0.267. The molecule has 1 heterocycles. The summed E-state index contributed by atoms with van der Waals surface area (Å²) in [5.74, 6) is 1.76. The molecule has 0 amide bonds. The van der Waals surface area contributed by atoms with Crippen molar-refractivity contribution in [1.29, 1.82) is 0 Å². The van der Waals surface area contributed by atoms with E-state index >= 15 is 0 Å². The maximum atomic E-state index is 5.53. The van der Waals surface area contributed by atoms with Crippen LogP contribution in [0.15, 0.2) is 42.6 Å². The average molecular weight is 257 g/mol. The van der Waals surface area contributed by atoms with Gasteiger partial charge in [0.1, 0.15) is 11.6 Å². The van der Waals surface area contributed by atoms with E-state index in [1.165, 1.54) is 0 Å². The molecule has 0 unspecified atom stereocenters. The largest absolute Gasteiger partial charge is 0.497 e. The second kappa shape index (κ2) is 6.20. The van der Waals surface area contributed by atoms with Gasteiger partial charge in [-0.1, -0.05) is 6.07 Å². The molecule has 0 radical (unpaired) electrons. The summed E-state index contributed by atoms with van der Waals surface area (Å²) in [5, 5.41) is 0. The first-order valence-electron chi connectivity index (χ1n) is 6.27. The fourth-order valence-corrected chi connectivity index (χ4v) is 1.87. The molecule has 1 aromatic heterocycles. The van der Waals surface area contributed by atoms with Crippen LogP contribution in [0.25, 0.3) is 0 Å². The molecule has 0 aliphatic carbocycles. The van der Waals surface area contributed by atoms with Crippen molar-refractivity contribution < 1.29 is 4.74 Å². The minimum Gasteiger partial charge on any atom is -0.497 e. The Morgan fingerprint density at radius 3 is 2.42 bits per heavy atom. The molecule has 2 rings (SSSR count). The van der Waals surface area contributed by atoms with Gasteiger partial charge in [-0.05, 0) is 48.9 Å². The zero-order chi connectivity index (χ0) is 13.7. The molecule has 0 bridgehead atoms. The lowest BCUT2D eigenvalue weighted by atomic mass is 10.2. The molecule has 0 saturated carbocycles. The summed E-state index contributed by atoms with van der Waals surface area (Å²) in [6.07, 6.45) is 2.74. The molecular formula is C15H19N3O. The van der Waals surface area contributed by atoms with Gasteiger partial charge in [-0.2, -0.15) is 0 Å². The molecule has 0 saturated heterocycles. The molecule has 1 aromatic carbocycles. The first kappa shape index (κ1) is 13.4. The van der Waals surface area contributed by atoms with E-state index in [-0.39, 0.29) is 0 Å². The van der Waals surface area contributed by atoms with Crippen molar-refractivity contribution in [3.05, 3.63) is 48.2 Å². The highest BCUT2D eigenvalue weighted by Gasteiger charge is 2.05. The number of nitrogens with two attached hydrogens (primary N) is 1. The van der Waals surface area contributed by atoms with Crippen LogP contribution in [0.2, 0.25) is 0 Å². The van der Waals surface area contributed by atoms with E-state index in [1.807, 2.05) is 48.5 Å². The van der Waals surface area contributed by atoms with E-state index in [4.69, 9.17) is 10.5 Å². The van der Waals surface area contributed by atoms with Gasteiger partial charge in [0, 0.05) is 18.9 Å². The SMILES string of the molecule is COc1ccc(N(C)c2ccc(CCN)cn2)cc1. The summed E-state index contributed by atoms with van der Waals surface area (Å²) in [6, 6.07) is 12.0. The summed E-state index contributed by atoms with van der Waals surface area (Å²) < 4.78 is 5.15. The third-order valence-electron chi connectivity index (χ3n) is 3.05. The summed E-state index contributed by atoms with van der Waals surface area (Å²) in [4.78, 5) is 6.49. The lowest BCUT2D eigenvalue weighted by molar-refractivity contribution is 0.415. The van der Waals surface area contributed by atoms with Crippen LogP contribution in [0.5, 0.6) is 5.75 Å². The Labute approximate surface area is 113 Å². The van der Waals surface area contributed by atoms with Crippen LogP contribution in [-0.4, -0.2) is 25.7 Å². The predicted octanol–water partition coefficient (Wildman–Crippen LogP) is 2.36. The Balaban J connectivity index is 2.15. The van der Waals surface area contributed by atoms with Gasteiger partial charge in [-0.25, -0.2) is 4.98 Å². The van der Waals surface area contributed by atoms with Crippen LogP contribution in [0.3, 0.4) is 0 Å². The Kier molecular flexibility index (Phi) is 4.36. The van der Waals surface area contributed by atoms with Gasteiger partial charge in [0.15, 0.2) is 0 Å². The van der Waals surface area contributed by atoms with E-state index in [2.05, 4.69) is 11.1 Å². The number of hydrogen-bond acceptors (Lipinski definition) is 4. The fourth-order valence-electron chi connectivity index (χ4n) is 1.87. The summed E-state index contributed by atoms with van der Waals surface area (Å²) in [6.45, 7) is 0.648. The lowest BCUT2D eigenvalue weighted by Gasteiger charge is -2.18. The Bertz CT molecular complexity index is 508. The first-order chi connectivity index (χ1) is 9.24. The van der Waals surface area contributed by atoms with Crippen molar-refractivity contribution in [1.82, 2.24) is 4.98 Å². The Hall–Kier alpha value is -2.07. The highest BCUT2D eigenvalue weighted by molar-refractivity contribution is 5.59. The van der Waals surface area contributed by atoms with E-state index in [9.17, 15) is 0 Å². The van der Waals surface area contributed by atoms with Crippen LogP contribution < -0.4 is 15.4 Å². The third-order valence-corrected chi connectivity index (χ3v) is 3.05. The van der Waals surface area contributed by atoms with Crippen LogP contribution >= 0.6 is 0 Å². The molecule has 2 aromatic rings. The van der Waals surface area contributed by atoms with E-state index in [1.54, 1.807) is 7.11 Å². The molecule has 0 fully saturated rings. The topological polar surface area (TPSA) is 51.4 Å². The quantitative estimate of drug-likeness (QED) is 0.893. The number of aromatic nitrogens is 1. The maximum Gasteiger partial charge on any atom is 0.132 e. The molecule has 4 heteroatoms. The van der Waals surface area contributed by atoms with Crippen LogP contribution in [0.4, 0.5) is 11.5 Å². The predicted molar refractivity (Wildman–Crippen MR) is 78.1 cm³/mol. The molecular weight excluding hydrogens is 238 g/mol. The van der Waals surface area contributed by atoms with Gasteiger partial charge >= 0.3 is 0 Å². The molecule has 0 aliphatic rings. The second-order valence-corrected chi connectivity index (χ2v) is 4.32. The van der Waals surface area contributed by atoms with E-state index in [0.29, 0.717) is 6.54 Å². The number of methoxy groups -OCH3 is 1. The summed E-state index contributed by atoms with van der Waals surface area (Å²) in [7, 11) is 3.66. The second-order valence-electron chi connectivity index (χ2n) is 4.32. The van der Waals surface area contributed by atoms with Gasteiger partial charge in [0.2, 0.25) is 0 Å². The van der Waals surface area contributed by atoms with Crippen LogP contribution in [-0.2, 0) is 6.42 Å². The minimum absolute atomic E-state index is 0.648. The van der Waals surface area contributed by atoms with Crippen molar-refractivity contribution in [2.45, 2.75) is 6.42 Å². The highest BCUT2D eigenvalue weighted by atomic mass is 16.5. The lowest BCUT2D eigenvalue weighted by Crippen LogP contribution is -2.11. The number of anilines is 2. The minimum atomic E-state index is 0.648. The standard InChI is InChI=1S/C15H19N3O/c1-18(13-4-6-14(19-2)7-5-13)15-8-3-12(9-10-16)11-17-15/h3-8,11H,9-10,16H2,1-2H3. The van der Waals surface area contributed by atoms with Crippen LogP contribution in [0.1, 0.15) is 5.56 Å². The molecule has 0 spiro atoms. The molecule has 0 atom stereocenters. The summed E-state index contributed by atoms with van der Waals surface area (Å²) in [5.41, 5.74) is 7.76. The number of ether oxygens (including phenoxy) is 1. The normalized spacial score (nSPS) is 10.3. The van der Waals surface area contributed by atoms with E-state index < -0.39 is 0 Å². The molecule has 0 aliphatic heterocycles. The smallest absolute Gasteiger partial charge is 0.132 e. The molecule has 19 heavy (non-hydrogen) atoms. The molecule has 4 nitrogen and oxygen atoms in total. The number of nitrogens with zero attached hydrogens (tertiary/aromatic N) is 2. The van der Waals surface area contributed by atoms with Gasteiger partial charge in [-0.15, -0.1) is 0 Å². The number of pyridine rings is 1. The first-order valence-corrected chi connectivity index (χ1v) is 6.27. The van der Waals surface area contributed by atoms with Gasteiger partial charge in [0.05, 0.1) is 7.11 Å². The number of rotatable bonds is 5. The van der Waals surface area contributed by atoms with Crippen LogP contribution in [0, 0.1) is 0 Å². The van der Waals surface area contributed by atoms with Gasteiger partial charge in [0.25, 0.3) is 0 Å². The van der Waals surface area contributed by atoms with Crippen molar-refractivity contribution in [3.63, 3.8) is 0 Å². The van der Waals surface area contributed by atoms with Crippen molar-refractivity contribution in [2.75, 3.05) is 25.6 Å². The monoisotopic (exact) mass is 257 g/mol. The Morgan fingerprint density at radius 2 is 1.89 bits per heavy atom. The van der Waals surface area contributed by atoms with E-state index in [0.717, 1.165) is 29.2 Å². The average Bonchev–Trinajstić information content (AvgIpc) is 2.48. The summed E-state index contributed by atoms with van der Waals surface area (Å²) >= 11 is 0. The zero-order valence-electron chi connectivity index (χ0n) is 11.3. The van der Waals surface area contributed by atoms with Gasteiger partial charge in [-0.3, -0.25) is 0 Å². The highest BCUT2D eigenvalue weighted by Crippen LogP contribution is 2.23. The van der Waals surface area contributed by atoms with Crippen molar-refractivity contribution in [3.8, 4) is 5.75 Å². The third kappa shape index (κ3) is 3.23. The molecule has 2 N–H and O–H groups in total. The Morgan fingerprint density at radius 1 is 1.16 bits per heavy atom. The number of hydrogen-bond donors (Lipinski definition) is 1.